The molecule has 1 heterocycles. The maximum absolute atomic E-state index is 10.8. The van der Waals surface area contributed by atoms with E-state index in [0.29, 0.717) is 5.82 Å². The van der Waals surface area contributed by atoms with Gasteiger partial charge in [0.1, 0.15) is 0 Å². The molecule has 0 radical (unpaired) electrons. The zero-order valence-corrected chi connectivity index (χ0v) is 7.06. The van der Waals surface area contributed by atoms with Crippen LogP contribution < -0.4 is 5.48 Å². The number of Topliss-reactive ketones (excluding diaryl/α,β-unsaturated/α-hetero) is 1. The van der Waals surface area contributed by atoms with Crippen LogP contribution in [0.5, 0.6) is 0 Å². The van der Waals surface area contributed by atoms with E-state index >= 15 is 0 Å². The molecule has 1 rings (SSSR count). The average molecular weight is 179 g/mol. The summed E-state index contributed by atoms with van der Waals surface area (Å²) < 4.78 is 0. The Labute approximate surface area is 75.1 Å². The predicted octanol–water partition coefficient (Wildman–Crippen LogP) is 0.679. The highest BCUT2D eigenvalue weighted by molar-refractivity contribution is 6.37. The summed E-state index contributed by atoms with van der Waals surface area (Å²) in [6.45, 7) is 1.30. The molecule has 0 saturated carbocycles. The van der Waals surface area contributed by atoms with Gasteiger partial charge in [-0.15, -0.1) is 0 Å². The minimum absolute atomic E-state index is 0.126. The maximum Gasteiger partial charge on any atom is 0.196 e. The van der Waals surface area contributed by atoms with Crippen molar-refractivity contribution in [2.45, 2.75) is 6.92 Å². The molecule has 5 heteroatoms. The smallest absolute Gasteiger partial charge is 0.196 e. The van der Waals surface area contributed by atoms with Gasteiger partial charge in [0.25, 0.3) is 0 Å². The van der Waals surface area contributed by atoms with Gasteiger partial charge in [-0.25, -0.2) is 15.5 Å². The first-order chi connectivity index (χ1) is 6.24. The van der Waals surface area contributed by atoms with E-state index in [9.17, 15) is 4.79 Å². The van der Waals surface area contributed by atoms with Crippen LogP contribution in [0, 0.1) is 0 Å². The molecule has 5 nitrogen and oxygen atoms in total. The minimum Gasteiger partial charge on any atom is -0.291 e. The molecule has 1 aromatic rings. The minimum atomic E-state index is -0.354. The van der Waals surface area contributed by atoms with Gasteiger partial charge in [0.05, 0.1) is 0 Å². The molecule has 13 heavy (non-hydrogen) atoms. The number of hydrogen-bond donors (Lipinski definition) is 2. The van der Waals surface area contributed by atoms with E-state index in [1.54, 1.807) is 29.9 Å². The Morgan fingerprint density at radius 1 is 1.62 bits per heavy atom. The summed E-state index contributed by atoms with van der Waals surface area (Å²) in [5.74, 6) is -0.110. The highest BCUT2D eigenvalue weighted by Crippen LogP contribution is 2.04. The lowest BCUT2D eigenvalue weighted by atomic mass is 10.4. The molecular weight excluding hydrogens is 170 g/mol. The number of carbonyl (C=O) groups is 1. The lowest BCUT2D eigenvalue weighted by Crippen LogP contribution is -2.26. The Kier molecular flexibility index (Phi) is 3.10. The van der Waals surface area contributed by atoms with Crippen molar-refractivity contribution in [3.05, 3.63) is 24.4 Å². The summed E-state index contributed by atoms with van der Waals surface area (Å²) in [4.78, 5) is 18.4. The van der Waals surface area contributed by atoms with E-state index in [1.165, 1.54) is 6.92 Å². The normalized spacial score (nSPS) is 11.1. The van der Waals surface area contributed by atoms with E-state index in [2.05, 4.69) is 9.98 Å². The monoisotopic (exact) mass is 179 g/mol. The summed E-state index contributed by atoms with van der Waals surface area (Å²) in [5, 5.41) is 8.53. The van der Waals surface area contributed by atoms with Crippen molar-refractivity contribution in [1.82, 2.24) is 10.5 Å². The van der Waals surface area contributed by atoms with Crippen LogP contribution in [0.1, 0.15) is 6.92 Å². The number of nitrogens with one attached hydrogen (secondary N) is 1. The quantitative estimate of drug-likeness (QED) is 0.397. The van der Waals surface area contributed by atoms with Crippen LogP contribution in [0.25, 0.3) is 0 Å². The van der Waals surface area contributed by atoms with Crippen LogP contribution in [0.3, 0.4) is 0 Å². The molecule has 0 fully saturated rings. The van der Waals surface area contributed by atoms with E-state index < -0.39 is 0 Å². The van der Waals surface area contributed by atoms with Gasteiger partial charge in [0.2, 0.25) is 0 Å². The summed E-state index contributed by atoms with van der Waals surface area (Å²) in [7, 11) is 0. The van der Waals surface area contributed by atoms with Crippen LogP contribution in [-0.4, -0.2) is 21.8 Å². The third-order valence-corrected chi connectivity index (χ3v) is 1.32. The molecule has 0 aliphatic heterocycles. The van der Waals surface area contributed by atoms with Gasteiger partial charge >= 0.3 is 0 Å². The Balaban J connectivity index is 2.92. The molecule has 0 atom stereocenters. The predicted molar refractivity (Wildman–Crippen MR) is 46.9 cm³/mol. The van der Waals surface area contributed by atoms with Gasteiger partial charge in [-0.05, 0) is 12.1 Å². The zero-order valence-electron chi connectivity index (χ0n) is 7.06. The number of hydroxylamine groups is 1. The van der Waals surface area contributed by atoms with Crippen LogP contribution in [0.2, 0.25) is 0 Å². The fourth-order valence-electron chi connectivity index (χ4n) is 0.717. The summed E-state index contributed by atoms with van der Waals surface area (Å²) >= 11 is 0. The fraction of sp³-hybridized carbons (Fsp3) is 0.125. The molecule has 0 aliphatic rings. The van der Waals surface area contributed by atoms with Crippen molar-refractivity contribution >= 4 is 17.4 Å². The Hall–Kier alpha value is -1.75. The molecule has 0 saturated heterocycles. The highest BCUT2D eigenvalue weighted by Gasteiger charge is 2.03. The van der Waals surface area contributed by atoms with Crippen molar-refractivity contribution in [2.24, 2.45) is 4.99 Å². The molecular formula is C8H9N3O2. The second-order valence-corrected chi connectivity index (χ2v) is 2.32. The van der Waals surface area contributed by atoms with Crippen molar-refractivity contribution in [3.63, 3.8) is 0 Å². The fourth-order valence-corrected chi connectivity index (χ4v) is 0.717. The molecule has 0 aliphatic carbocycles. The lowest BCUT2D eigenvalue weighted by molar-refractivity contribution is -0.111. The van der Waals surface area contributed by atoms with E-state index in [0.717, 1.165) is 0 Å². The molecule has 0 unspecified atom stereocenters. The first-order valence-electron chi connectivity index (χ1n) is 3.65. The average Bonchev–Trinajstić information content (AvgIpc) is 2.15. The first-order valence-corrected chi connectivity index (χ1v) is 3.65. The number of amidine groups is 1. The maximum atomic E-state index is 10.8. The largest absolute Gasteiger partial charge is 0.291 e. The van der Waals surface area contributed by atoms with Crippen molar-refractivity contribution in [1.29, 1.82) is 0 Å². The molecule has 0 bridgehead atoms. The van der Waals surface area contributed by atoms with Gasteiger partial charge in [-0.2, -0.15) is 0 Å². The van der Waals surface area contributed by atoms with E-state index in [1.807, 2.05) is 0 Å². The topological polar surface area (TPSA) is 74.6 Å². The number of rotatable bonds is 2. The molecule has 68 valence electrons. The molecule has 0 spiro atoms. The van der Waals surface area contributed by atoms with Crippen LogP contribution >= 0.6 is 0 Å². The van der Waals surface area contributed by atoms with Gasteiger partial charge < -0.3 is 0 Å². The number of hydrogen-bond acceptors (Lipinski definition) is 4. The van der Waals surface area contributed by atoms with Gasteiger partial charge in [-0.3, -0.25) is 10.0 Å². The zero-order chi connectivity index (χ0) is 9.68. The Morgan fingerprint density at radius 2 is 2.38 bits per heavy atom. The van der Waals surface area contributed by atoms with Crippen molar-refractivity contribution < 1.29 is 10.0 Å². The van der Waals surface area contributed by atoms with Gasteiger partial charge in [-0.1, -0.05) is 6.07 Å². The number of aromatic nitrogens is 1. The van der Waals surface area contributed by atoms with Crippen molar-refractivity contribution in [2.75, 3.05) is 0 Å². The lowest BCUT2D eigenvalue weighted by Gasteiger charge is -1.98. The first kappa shape index (κ1) is 9.34. The van der Waals surface area contributed by atoms with Crippen LogP contribution in [-0.2, 0) is 4.79 Å². The second-order valence-electron chi connectivity index (χ2n) is 2.32. The third-order valence-electron chi connectivity index (χ3n) is 1.32. The number of carbonyl (C=O) groups excluding carboxylic acids is 1. The van der Waals surface area contributed by atoms with E-state index in [-0.39, 0.29) is 11.6 Å². The van der Waals surface area contributed by atoms with Crippen LogP contribution in [0.4, 0.5) is 5.82 Å². The third kappa shape index (κ3) is 2.64. The molecule has 2 N–H and O–H groups in total. The highest BCUT2D eigenvalue weighted by atomic mass is 16.5. The summed E-state index contributed by atoms with van der Waals surface area (Å²) in [6.07, 6.45) is 1.55. The standard InChI is InChI=1S/C8H9N3O2/c1-6(12)8(11-13)10-7-4-2-3-5-9-7/h2-5,13H,1H3,(H,9,10,11). The SMILES string of the molecule is CC(=O)/C(=N\c1ccccn1)NO. The summed E-state index contributed by atoms with van der Waals surface area (Å²) in [5.41, 5.74) is 1.71. The number of nitrogens with zero attached hydrogens (tertiary/aromatic N) is 2. The summed E-state index contributed by atoms with van der Waals surface area (Å²) in [6, 6.07) is 5.10. The van der Waals surface area contributed by atoms with Crippen LogP contribution in [0.15, 0.2) is 29.4 Å². The Bertz CT molecular complexity index is 321. The second kappa shape index (κ2) is 4.32. The van der Waals surface area contributed by atoms with E-state index in [4.69, 9.17) is 5.21 Å². The molecule has 0 aromatic carbocycles. The van der Waals surface area contributed by atoms with Gasteiger partial charge in [0, 0.05) is 13.1 Å². The number of ketones is 1. The van der Waals surface area contributed by atoms with Crippen molar-refractivity contribution in [3.8, 4) is 0 Å². The van der Waals surface area contributed by atoms with Gasteiger partial charge in [0.15, 0.2) is 17.4 Å². The molecule has 0 amide bonds. The Morgan fingerprint density at radius 3 is 2.85 bits per heavy atom. The number of pyridine rings is 1. The molecule has 1 aromatic heterocycles. The number of aliphatic imine (C=N–C) groups is 1.